The number of nitrogens with one attached hydrogen (secondary N) is 2. The van der Waals surface area contributed by atoms with Crippen molar-refractivity contribution in [2.45, 2.75) is 54.0 Å². The number of hydrogen-bond acceptors (Lipinski definition) is 3. The summed E-state index contributed by atoms with van der Waals surface area (Å²) in [6.45, 7) is 13.6. The summed E-state index contributed by atoms with van der Waals surface area (Å²) in [7, 11) is 0. The third-order valence-corrected chi connectivity index (χ3v) is 4.13. The van der Waals surface area contributed by atoms with E-state index in [1.807, 2.05) is 40.7 Å². The maximum atomic E-state index is 11.8. The van der Waals surface area contributed by atoms with Crippen molar-refractivity contribution < 1.29 is 9.59 Å². The van der Waals surface area contributed by atoms with Crippen molar-refractivity contribution in [1.29, 1.82) is 0 Å². The van der Waals surface area contributed by atoms with Crippen LogP contribution in [-0.4, -0.2) is 28.1 Å². The van der Waals surface area contributed by atoms with Crippen LogP contribution in [0, 0.1) is 27.7 Å². The van der Waals surface area contributed by atoms with Crippen LogP contribution >= 0.6 is 0 Å². The minimum absolute atomic E-state index is 0.477. The number of hydrazone groups is 1. The van der Waals surface area contributed by atoms with E-state index >= 15 is 0 Å². The second kappa shape index (κ2) is 7.78. The standard InChI is InChI=1S/C21H28N4O2/c1-13-8-9-18(14(2)10-13)25-15(3)11-17(16(25)4)12-22-24-20(27)19(26)23-21(5,6)7/h8-12H,1-7H3,(H,23,26)(H,24,27)/b22-12-. The van der Waals surface area contributed by atoms with Gasteiger partial charge in [0.05, 0.1) is 6.21 Å². The van der Waals surface area contributed by atoms with Crippen molar-refractivity contribution in [3.05, 3.63) is 52.3 Å². The highest BCUT2D eigenvalue weighted by molar-refractivity contribution is 6.35. The molecule has 6 nitrogen and oxygen atoms in total. The van der Waals surface area contributed by atoms with E-state index in [0.717, 1.165) is 22.6 Å². The quantitative estimate of drug-likeness (QED) is 0.496. The summed E-state index contributed by atoms with van der Waals surface area (Å²) in [4.78, 5) is 23.6. The molecule has 0 radical (unpaired) electrons. The molecule has 144 valence electrons. The van der Waals surface area contributed by atoms with Crippen molar-refractivity contribution in [3.63, 3.8) is 0 Å². The molecule has 1 aromatic heterocycles. The fourth-order valence-corrected chi connectivity index (χ4v) is 2.95. The van der Waals surface area contributed by atoms with E-state index in [1.165, 1.54) is 11.1 Å². The molecule has 27 heavy (non-hydrogen) atoms. The van der Waals surface area contributed by atoms with E-state index in [9.17, 15) is 9.59 Å². The van der Waals surface area contributed by atoms with Gasteiger partial charge in [0.25, 0.3) is 0 Å². The van der Waals surface area contributed by atoms with Gasteiger partial charge in [-0.25, -0.2) is 5.43 Å². The van der Waals surface area contributed by atoms with Crippen molar-refractivity contribution in [2.75, 3.05) is 0 Å². The molecule has 0 unspecified atom stereocenters. The van der Waals surface area contributed by atoms with Crippen LogP contribution in [0.25, 0.3) is 5.69 Å². The second-order valence-electron chi connectivity index (χ2n) is 7.86. The minimum Gasteiger partial charge on any atom is -0.343 e. The summed E-state index contributed by atoms with van der Waals surface area (Å²) < 4.78 is 2.16. The molecule has 0 spiro atoms. The van der Waals surface area contributed by atoms with Crippen LogP contribution in [0.2, 0.25) is 0 Å². The van der Waals surface area contributed by atoms with Crippen LogP contribution in [0.3, 0.4) is 0 Å². The first-order valence-electron chi connectivity index (χ1n) is 8.91. The molecule has 1 heterocycles. The monoisotopic (exact) mass is 368 g/mol. The molecule has 0 bridgehead atoms. The Morgan fingerprint density at radius 1 is 1.04 bits per heavy atom. The molecular formula is C21H28N4O2. The number of rotatable bonds is 3. The lowest BCUT2D eigenvalue weighted by Gasteiger charge is -2.19. The van der Waals surface area contributed by atoms with Gasteiger partial charge in [0.2, 0.25) is 0 Å². The van der Waals surface area contributed by atoms with Gasteiger partial charge in [-0.2, -0.15) is 5.10 Å². The van der Waals surface area contributed by atoms with Gasteiger partial charge < -0.3 is 9.88 Å². The molecule has 0 fully saturated rings. The zero-order chi connectivity index (χ0) is 20.4. The summed E-state index contributed by atoms with van der Waals surface area (Å²) in [6, 6.07) is 8.34. The molecule has 2 rings (SSSR count). The Labute approximate surface area is 160 Å². The number of hydrogen-bond donors (Lipinski definition) is 2. The first kappa shape index (κ1) is 20.4. The van der Waals surface area contributed by atoms with Crippen LogP contribution in [0.15, 0.2) is 29.4 Å². The van der Waals surface area contributed by atoms with E-state index < -0.39 is 17.4 Å². The van der Waals surface area contributed by atoms with Gasteiger partial charge in [0.1, 0.15) is 0 Å². The molecule has 0 aliphatic carbocycles. The predicted octanol–water partition coefficient (Wildman–Crippen LogP) is 3.08. The first-order chi connectivity index (χ1) is 12.5. The van der Waals surface area contributed by atoms with Crippen molar-refractivity contribution in [3.8, 4) is 5.69 Å². The van der Waals surface area contributed by atoms with Gasteiger partial charge in [-0.1, -0.05) is 17.7 Å². The Balaban J connectivity index is 2.18. The molecule has 2 amide bonds. The highest BCUT2D eigenvalue weighted by atomic mass is 16.2. The molecule has 0 saturated heterocycles. The van der Waals surface area contributed by atoms with E-state index in [-0.39, 0.29) is 0 Å². The average molecular weight is 368 g/mol. The molecule has 0 atom stereocenters. The highest BCUT2D eigenvalue weighted by Gasteiger charge is 2.19. The Kier molecular flexibility index (Phi) is 5.88. The molecule has 0 saturated carbocycles. The Hall–Kier alpha value is -2.89. The largest absolute Gasteiger partial charge is 0.343 e. The van der Waals surface area contributed by atoms with E-state index in [2.05, 4.69) is 52.5 Å². The smallest absolute Gasteiger partial charge is 0.329 e. The van der Waals surface area contributed by atoms with Crippen molar-refractivity contribution in [1.82, 2.24) is 15.3 Å². The summed E-state index contributed by atoms with van der Waals surface area (Å²) in [5.41, 5.74) is 8.28. The number of benzene rings is 1. The fraction of sp³-hybridized carbons (Fsp3) is 0.381. The van der Waals surface area contributed by atoms with Gasteiger partial charge >= 0.3 is 11.8 Å². The molecular weight excluding hydrogens is 340 g/mol. The van der Waals surface area contributed by atoms with Crippen LogP contribution in [0.5, 0.6) is 0 Å². The topological polar surface area (TPSA) is 75.5 Å². The van der Waals surface area contributed by atoms with Gasteiger partial charge in [0, 0.05) is 28.2 Å². The molecule has 6 heteroatoms. The normalized spacial score (nSPS) is 11.7. The molecule has 1 aromatic carbocycles. The molecule has 2 N–H and O–H groups in total. The summed E-state index contributed by atoms with van der Waals surface area (Å²) in [6.07, 6.45) is 1.56. The Morgan fingerprint density at radius 3 is 2.30 bits per heavy atom. The van der Waals surface area contributed by atoms with Crippen LogP contribution in [0.1, 0.15) is 48.8 Å². The van der Waals surface area contributed by atoms with Crippen LogP contribution in [-0.2, 0) is 9.59 Å². The number of aromatic nitrogens is 1. The van der Waals surface area contributed by atoms with Gasteiger partial charge in [-0.05, 0) is 66.2 Å². The number of carbonyl (C=O) groups excluding carboxylic acids is 2. The van der Waals surface area contributed by atoms with Crippen molar-refractivity contribution in [2.24, 2.45) is 5.10 Å². The molecule has 2 aromatic rings. The second-order valence-corrected chi connectivity index (χ2v) is 7.86. The third kappa shape index (κ3) is 5.06. The number of amides is 2. The maximum Gasteiger partial charge on any atom is 0.329 e. The minimum atomic E-state index is -0.788. The number of aryl methyl sites for hydroxylation is 3. The zero-order valence-electron chi connectivity index (χ0n) is 17.1. The number of nitrogens with zero attached hydrogens (tertiary/aromatic N) is 2. The van der Waals surface area contributed by atoms with Gasteiger partial charge in [-0.3, -0.25) is 9.59 Å². The summed E-state index contributed by atoms with van der Waals surface area (Å²) >= 11 is 0. The third-order valence-electron chi connectivity index (χ3n) is 4.13. The van der Waals surface area contributed by atoms with E-state index in [4.69, 9.17) is 0 Å². The van der Waals surface area contributed by atoms with E-state index in [0.29, 0.717) is 0 Å². The zero-order valence-corrected chi connectivity index (χ0v) is 17.1. The highest BCUT2D eigenvalue weighted by Crippen LogP contribution is 2.23. The molecule has 0 aliphatic rings. The lowest BCUT2D eigenvalue weighted by atomic mass is 10.1. The van der Waals surface area contributed by atoms with Gasteiger partial charge in [-0.15, -0.1) is 0 Å². The number of carbonyl (C=O) groups is 2. The Morgan fingerprint density at radius 2 is 1.70 bits per heavy atom. The van der Waals surface area contributed by atoms with Crippen LogP contribution in [0.4, 0.5) is 0 Å². The maximum absolute atomic E-state index is 11.8. The summed E-state index contributed by atoms with van der Waals surface area (Å²) in [5.74, 6) is -1.50. The van der Waals surface area contributed by atoms with Crippen LogP contribution < -0.4 is 10.7 Å². The first-order valence-corrected chi connectivity index (χ1v) is 8.91. The SMILES string of the molecule is Cc1ccc(-n2c(C)cc(/C=N\NC(=O)C(=O)NC(C)(C)C)c2C)c(C)c1. The lowest BCUT2D eigenvalue weighted by Crippen LogP contribution is -2.47. The van der Waals surface area contributed by atoms with E-state index in [1.54, 1.807) is 6.21 Å². The van der Waals surface area contributed by atoms with Gasteiger partial charge in [0.15, 0.2) is 0 Å². The lowest BCUT2D eigenvalue weighted by molar-refractivity contribution is -0.140. The summed E-state index contributed by atoms with van der Waals surface area (Å²) in [5, 5.41) is 6.53. The average Bonchev–Trinajstić information content (AvgIpc) is 2.80. The Bertz CT molecular complexity index is 902. The van der Waals surface area contributed by atoms with Crippen molar-refractivity contribution >= 4 is 18.0 Å². The molecule has 0 aliphatic heterocycles. The fourth-order valence-electron chi connectivity index (χ4n) is 2.95. The predicted molar refractivity (Wildman–Crippen MR) is 108 cm³/mol.